The number of halogens is 3. The van der Waals surface area contributed by atoms with Crippen molar-refractivity contribution in [1.29, 1.82) is 0 Å². The fourth-order valence-electron chi connectivity index (χ4n) is 1.96. The lowest BCUT2D eigenvalue weighted by Gasteiger charge is -2.16. The first kappa shape index (κ1) is 18.1. The van der Waals surface area contributed by atoms with Crippen molar-refractivity contribution in [3.05, 3.63) is 54.1 Å². The molecule has 0 aliphatic heterocycles. The lowest BCUT2D eigenvalue weighted by atomic mass is 9.97. The molecule has 0 heterocycles. The topological polar surface area (TPSA) is 9.23 Å². The second-order valence-corrected chi connectivity index (χ2v) is 4.62. The van der Waals surface area contributed by atoms with Crippen LogP contribution in [0.2, 0.25) is 0 Å². The molecule has 1 unspecified atom stereocenters. The van der Waals surface area contributed by atoms with Crippen molar-refractivity contribution in [1.82, 2.24) is 0 Å². The quantitative estimate of drug-likeness (QED) is 0.670. The van der Waals surface area contributed by atoms with E-state index in [0.29, 0.717) is 0 Å². The summed E-state index contributed by atoms with van der Waals surface area (Å²) in [5, 5.41) is 0. The summed E-state index contributed by atoms with van der Waals surface area (Å²) in [5.41, 5.74) is 2.04. The standard InChI is InChI=1S/C16H15F3O.C2H6/c1-11(16(17,18)19)12-6-8-13(9-7-12)14-4-3-5-15(10-14)20-2;1-2/h3-11H,1-2H3;1-2H3. The van der Waals surface area contributed by atoms with Crippen LogP contribution in [0.5, 0.6) is 5.75 Å². The molecule has 0 radical (unpaired) electrons. The Kier molecular flexibility index (Phi) is 6.47. The molecule has 2 aromatic rings. The van der Waals surface area contributed by atoms with E-state index in [1.54, 1.807) is 19.2 Å². The number of alkyl halides is 3. The second-order valence-electron chi connectivity index (χ2n) is 4.62. The number of hydrogen-bond acceptors (Lipinski definition) is 1. The number of ether oxygens (including phenoxy) is 1. The summed E-state index contributed by atoms with van der Waals surface area (Å²) >= 11 is 0. The molecule has 22 heavy (non-hydrogen) atoms. The van der Waals surface area contributed by atoms with E-state index >= 15 is 0 Å². The Labute approximate surface area is 129 Å². The van der Waals surface area contributed by atoms with Crippen molar-refractivity contribution in [2.45, 2.75) is 32.9 Å². The Hall–Kier alpha value is -1.97. The number of rotatable bonds is 3. The first-order chi connectivity index (χ1) is 10.4. The van der Waals surface area contributed by atoms with E-state index in [1.807, 2.05) is 38.1 Å². The van der Waals surface area contributed by atoms with Crippen LogP contribution in [0.3, 0.4) is 0 Å². The van der Waals surface area contributed by atoms with Crippen molar-refractivity contribution in [3.8, 4) is 16.9 Å². The summed E-state index contributed by atoms with van der Waals surface area (Å²) in [4.78, 5) is 0. The number of methoxy groups -OCH3 is 1. The molecular weight excluding hydrogens is 289 g/mol. The van der Waals surface area contributed by atoms with Crippen LogP contribution in [0.25, 0.3) is 11.1 Å². The largest absolute Gasteiger partial charge is 0.497 e. The molecule has 1 atom stereocenters. The molecular formula is C18H21F3O. The zero-order valence-electron chi connectivity index (χ0n) is 13.2. The molecule has 1 nitrogen and oxygen atoms in total. The molecule has 0 fully saturated rings. The Morgan fingerprint density at radius 1 is 0.909 bits per heavy atom. The summed E-state index contributed by atoms with van der Waals surface area (Å²) < 4.78 is 43.1. The zero-order chi connectivity index (χ0) is 16.8. The molecule has 2 aromatic carbocycles. The molecule has 0 saturated heterocycles. The van der Waals surface area contributed by atoms with Gasteiger partial charge in [-0.2, -0.15) is 13.2 Å². The van der Waals surface area contributed by atoms with Gasteiger partial charge in [0.05, 0.1) is 13.0 Å². The van der Waals surface area contributed by atoms with Crippen LogP contribution in [0.1, 0.15) is 32.3 Å². The van der Waals surface area contributed by atoms with E-state index in [4.69, 9.17) is 4.74 Å². The van der Waals surface area contributed by atoms with Crippen molar-refractivity contribution in [2.24, 2.45) is 0 Å². The molecule has 2 rings (SSSR count). The molecule has 0 bridgehead atoms. The lowest BCUT2D eigenvalue weighted by molar-refractivity contribution is -0.146. The predicted molar refractivity (Wildman–Crippen MR) is 84.2 cm³/mol. The van der Waals surface area contributed by atoms with Gasteiger partial charge in [0.25, 0.3) is 0 Å². The number of benzene rings is 2. The maximum Gasteiger partial charge on any atom is 0.395 e. The minimum Gasteiger partial charge on any atom is -0.497 e. The van der Waals surface area contributed by atoms with Crippen LogP contribution in [0, 0.1) is 0 Å². The molecule has 0 N–H and O–H groups in total. The zero-order valence-corrected chi connectivity index (χ0v) is 13.2. The summed E-state index contributed by atoms with van der Waals surface area (Å²) in [6, 6.07) is 13.9. The molecule has 0 amide bonds. The first-order valence-corrected chi connectivity index (χ1v) is 7.23. The van der Waals surface area contributed by atoms with Gasteiger partial charge in [0, 0.05) is 0 Å². The highest BCUT2D eigenvalue weighted by molar-refractivity contribution is 5.65. The fourth-order valence-corrected chi connectivity index (χ4v) is 1.96. The Morgan fingerprint density at radius 2 is 1.50 bits per heavy atom. The van der Waals surface area contributed by atoms with E-state index in [0.717, 1.165) is 16.9 Å². The van der Waals surface area contributed by atoms with Gasteiger partial charge in [0.1, 0.15) is 5.75 Å². The molecule has 0 spiro atoms. The third-order valence-corrected chi connectivity index (χ3v) is 3.30. The van der Waals surface area contributed by atoms with Crippen LogP contribution in [0.4, 0.5) is 13.2 Å². The normalized spacial score (nSPS) is 12.1. The van der Waals surface area contributed by atoms with Gasteiger partial charge in [-0.3, -0.25) is 0 Å². The van der Waals surface area contributed by atoms with E-state index in [-0.39, 0.29) is 5.56 Å². The molecule has 0 saturated carbocycles. The van der Waals surface area contributed by atoms with Crippen LogP contribution in [-0.2, 0) is 0 Å². The smallest absolute Gasteiger partial charge is 0.395 e. The maximum absolute atomic E-state index is 12.6. The molecule has 120 valence electrons. The fraction of sp³-hybridized carbons (Fsp3) is 0.333. The van der Waals surface area contributed by atoms with Gasteiger partial charge in [0.15, 0.2) is 0 Å². The maximum atomic E-state index is 12.6. The summed E-state index contributed by atoms with van der Waals surface area (Å²) in [7, 11) is 1.58. The Morgan fingerprint density at radius 3 is 2.00 bits per heavy atom. The second kappa shape index (κ2) is 7.87. The van der Waals surface area contributed by atoms with E-state index in [2.05, 4.69) is 0 Å². The minimum absolute atomic E-state index is 0.268. The van der Waals surface area contributed by atoms with Gasteiger partial charge in [0.2, 0.25) is 0 Å². The monoisotopic (exact) mass is 310 g/mol. The molecule has 4 heteroatoms. The van der Waals surface area contributed by atoms with Gasteiger partial charge in [-0.1, -0.05) is 50.2 Å². The van der Waals surface area contributed by atoms with Crippen LogP contribution < -0.4 is 4.74 Å². The van der Waals surface area contributed by atoms with E-state index in [1.165, 1.54) is 19.1 Å². The van der Waals surface area contributed by atoms with Crippen LogP contribution in [0.15, 0.2) is 48.5 Å². The summed E-state index contributed by atoms with van der Waals surface area (Å²) in [6.07, 6.45) is -4.21. The van der Waals surface area contributed by atoms with Crippen molar-refractivity contribution < 1.29 is 17.9 Å². The highest BCUT2D eigenvalue weighted by atomic mass is 19.4. The van der Waals surface area contributed by atoms with Crippen LogP contribution >= 0.6 is 0 Å². The molecule has 0 aliphatic rings. The highest BCUT2D eigenvalue weighted by Gasteiger charge is 2.36. The SMILES string of the molecule is CC.COc1cccc(-c2ccc(C(C)C(F)(F)F)cc2)c1. The van der Waals surface area contributed by atoms with Crippen molar-refractivity contribution >= 4 is 0 Å². The van der Waals surface area contributed by atoms with E-state index in [9.17, 15) is 13.2 Å². The van der Waals surface area contributed by atoms with Gasteiger partial charge in [-0.25, -0.2) is 0 Å². The van der Waals surface area contributed by atoms with Gasteiger partial charge in [-0.05, 0) is 35.7 Å². The highest BCUT2D eigenvalue weighted by Crippen LogP contribution is 2.35. The van der Waals surface area contributed by atoms with Crippen molar-refractivity contribution in [2.75, 3.05) is 7.11 Å². The van der Waals surface area contributed by atoms with E-state index < -0.39 is 12.1 Å². The minimum atomic E-state index is -4.21. The Bertz CT molecular complexity index is 574. The lowest BCUT2D eigenvalue weighted by Crippen LogP contribution is -2.17. The van der Waals surface area contributed by atoms with Crippen molar-refractivity contribution in [3.63, 3.8) is 0 Å². The van der Waals surface area contributed by atoms with Gasteiger partial charge >= 0.3 is 6.18 Å². The molecule has 0 aromatic heterocycles. The van der Waals surface area contributed by atoms with Crippen LogP contribution in [-0.4, -0.2) is 13.3 Å². The average molecular weight is 310 g/mol. The average Bonchev–Trinajstić information content (AvgIpc) is 2.55. The third kappa shape index (κ3) is 4.52. The third-order valence-electron chi connectivity index (χ3n) is 3.30. The van der Waals surface area contributed by atoms with Gasteiger partial charge < -0.3 is 4.74 Å². The van der Waals surface area contributed by atoms with Gasteiger partial charge in [-0.15, -0.1) is 0 Å². The summed E-state index contributed by atoms with van der Waals surface area (Å²) in [5.74, 6) is -0.739. The first-order valence-electron chi connectivity index (χ1n) is 7.23. The molecule has 0 aliphatic carbocycles. The number of hydrogen-bond donors (Lipinski definition) is 0. The predicted octanol–water partition coefficient (Wildman–Crippen LogP) is 6.05. The summed E-state index contributed by atoms with van der Waals surface area (Å²) in [6.45, 7) is 5.17. The Balaban J connectivity index is 0.00000116.